The van der Waals surface area contributed by atoms with Gasteiger partial charge in [0, 0.05) is 4.47 Å². The van der Waals surface area contributed by atoms with Gasteiger partial charge >= 0.3 is 0 Å². The number of nitrogens with one attached hydrogen (secondary N) is 2. The van der Waals surface area contributed by atoms with E-state index in [1.807, 2.05) is 0 Å². The van der Waals surface area contributed by atoms with Crippen molar-refractivity contribution in [3.8, 4) is 0 Å². The summed E-state index contributed by atoms with van der Waals surface area (Å²) >= 11 is 3.15. The van der Waals surface area contributed by atoms with E-state index >= 15 is 0 Å². The molecule has 0 heterocycles. The van der Waals surface area contributed by atoms with E-state index in [2.05, 4.69) is 26.6 Å². The van der Waals surface area contributed by atoms with E-state index in [9.17, 15) is 9.18 Å². The Hall–Kier alpha value is -0.940. The van der Waals surface area contributed by atoms with Crippen LogP contribution in [0.5, 0.6) is 0 Å². The van der Waals surface area contributed by atoms with Crippen LogP contribution in [0.1, 0.15) is 0 Å². The molecule has 0 atom stereocenters. The summed E-state index contributed by atoms with van der Waals surface area (Å²) in [6, 6.07) is 4.10. The van der Waals surface area contributed by atoms with E-state index in [1.54, 1.807) is 7.05 Å². The molecule has 0 unspecified atom stereocenters. The van der Waals surface area contributed by atoms with Gasteiger partial charge in [-0.2, -0.15) is 0 Å². The molecular formula is C9H10BrFN2O. The number of hydrogen-bond donors (Lipinski definition) is 2. The molecule has 0 aromatic heterocycles. The van der Waals surface area contributed by atoms with Gasteiger partial charge in [0.05, 0.1) is 12.2 Å². The lowest BCUT2D eigenvalue weighted by molar-refractivity contribution is -0.115. The van der Waals surface area contributed by atoms with Gasteiger partial charge in [0.25, 0.3) is 0 Å². The molecule has 5 heteroatoms. The summed E-state index contributed by atoms with van der Waals surface area (Å²) in [5.41, 5.74) is 0.562. The minimum Gasteiger partial charge on any atom is -0.324 e. The lowest BCUT2D eigenvalue weighted by atomic mass is 10.3. The summed E-state index contributed by atoms with van der Waals surface area (Å²) < 4.78 is 13.2. The summed E-state index contributed by atoms with van der Waals surface area (Å²) in [6.07, 6.45) is 0. The third-order valence-corrected chi connectivity index (χ3v) is 2.20. The lowest BCUT2D eigenvalue weighted by Gasteiger charge is -2.06. The van der Waals surface area contributed by atoms with Crippen molar-refractivity contribution in [1.82, 2.24) is 5.32 Å². The highest BCUT2D eigenvalue weighted by molar-refractivity contribution is 9.10. The van der Waals surface area contributed by atoms with E-state index < -0.39 is 0 Å². The molecule has 3 nitrogen and oxygen atoms in total. The molecule has 14 heavy (non-hydrogen) atoms. The number of carbonyl (C=O) groups excluding carboxylic acids is 1. The predicted molar refractivity (Wildman–Crippen MR) is 56.7 cm³/mol. The third-order valence-electron chi connectivity index (χ3n) is 1.54. The van der Waals surface area contributed by atoms with Gasteiger partial charge in [-0.25, -0.2) is 4.39 Å². The van der Waals surface area contributed by atoms with Crippen LogP contribution in [0, 0.1) is 5.82 Å². The average Bonchev–Trinajstić information content (AvgIpc) is 2.10. The van der Waals surface area contributed by atoms with Crippen LogP contribution < -0.4 is 10.6 Å². The minimum atomic E-state index is -0.344. The fraction of sp³-hybridized carbons (Fsp3) is 0.222. The maximum absolute atomic E-state index is 12.7. The van der Waals surface area contributed by atoms with Gasteiger partial charge in [-0.05, 0) is 41.2 Å². The number of hydrogen-bond acceptors (Lipinski definition) is 2. The van der Waals surface area contributed by atoms with Gasteiger partial charge in [-0.3, -0.25) is 4.79 Å². The predicted octanol–water partition coefficient (Wildman–Crippen LogP) is 1.75. The number of halogens is 2. The second kappa shape index (κ2) is 5.07. The number of likely N-dealkylation sites (N-methyl/N-ethyl adjacent to an activating group) is 1. The molecule has 0 fully saturated rings. The molecule has 76 valence electrons. The highest BCUT2D eigenvalue weighted by atomic mass is 79.9. The van der Waals surface area contributed by atoms with Crippen LogP contribution in [0.15, 0.2) is 22.7 Å². The quantitative estimate of drug-likeness (QED) is 0.870. The first-order valence-electron chi connectivity index (χ1n) is 4.03. The summed E-state index contributed by atoms with van der Waals surface area (Å²) in [5.74, 6) is -0.511. The number of rotatable bonds is 3. The smallest absolute Gasteiger partial charge is 0.238 e. The van der Waals surface area contributed by atoms with Gasteiger partial charge in [-0.1, -0.05) is 0 Å². The van der Waals surface area contributed by atoms with Crippen LogP contribution in [0.4, 0.5) is 10.1 Å². The number of amides is 1. The molecule has 0 aliphatic heterocycles. The Kier molecular flexibility index (Phi) is 4.03. The summed E-state index contributed by atoms with van der Waals surface area (Å²) in [6.45, 7) is 0.226. The van der Waals surface area contributed by atoms with Crippen molar-refractivity contribution in [1.29, 1.82) is 0 Å². The highest BCUT2D eigenvalue weighted by Gasteiger charge is 2.04. The Morgan fingerprint density at radius 1 is 1.57 bits per heavy atom. The van der Waals surface area contributed by atoms with E-state index in [0.29, 0.717) is 10.2 Å². The third kappa shape index (κ3) is 3.08. The van der Waals surface area contributed by atoms with E-state index in [1.165, 1.54) is 18.2 Å². The average molecular weight is 261 g/mol. The van der Waals surface area contributed by atoms with Gasteiger partial charge in [0.15, 0.2) is 0 Å². The van der Waals surface area contributed by atoms with Crippen LogP contribution >= 0.6 is 15.9 Å². The van der Waals surface area contributed by atoms with E-state index in [4.69, 9.17) is 0 Å². The molecular weight excluding hydrogens is 251 g/mol. The second-order valence-electron chi connectivity index (χ2n) is 2.70. The Morgan fingerprint density at radius 3 is 2.86 bits per heavy atom. The standard InChI is InChI=1S/C9H10BrFN2O/c1-12-5-9(14)13-8-3-2-6(11)4-7(8)10/h2-4,12H,5H2,1H3,(H,13,14). The van der Waals surface area contributed by atoms with Crippen molar-refractivity contribution in [3.63, 3.8) is 0 Å². The van der Waals surface area contributed by atoms with Gasteiger partial charge in [-0.15, -0.1) is 0 Å². The fourth-order valence-electron chi connectivity index (χ4n) is 0.946. The first-order valence-corrected chi connectivity index (χ1v) is 4.82. The molecule has 0 radical (unpaired) electrons. The molecule has 1 amide bonds. The Labute approximate surface area is 89.8 Å². The molecule has 0 spiro atoms. The topological polar surface area (TPSA) is 41.1 Å². The van der Waals surface area contributed by atoms with E-state index in [0.717, 1.165) is 0 Å². The van der Waals surface area contributed by atoms with Gasteiger partial charge < -0.3 is 10.6 Å². The van der Waals surface area contributed by atoms with Crippen molar-refractivity contribution in [2.24, 2.45) is 0 Å². The first-order chi connectivity index (χ1) is 6.63. The number of anilines is 1. The normalized spacial score (nSPS) is 9.93. The largest absolute Gasteiger partial charge is 0.324 e. The fourth-order valence-corrected chi connectivity index (χ4v) is 1.40. The lowest BCUT2D eigenvalue weighted by Crippen LogP contribution is -2.25. The number of carbonyl (C=O) groups is 1. The molecule has 0 aliphatic rings. The van der Waals surface area contributed by atoms with Crippen molar-refractivity contribution in [2.45, 2.75) is 0 Å². The zero-order valence-corrected chi connectivity index (χ0v) is 9.19. The van der Waals surface area contributed by atoms with Gasteiger partial charge in [0.2, 0.25) is 5.91 Å². The zero-order chi connectivity index (χ0) is 10.6. The molecule has 0 aliphatic carbocycles. The molecule has 0 saturated carbocycles. The number of benzene rings is 1. The van der Waals surface area contributed by atoms with E-state index in [-0.39, 0.29) is 18.3 Å². The zero-order valence-electron chi connectivity index (χ0n) is 7.60. The molecule has 0 bridgehead atoms. The van der Waals surface area contributed by atoms with Crippen molar-refractivity contribution < 1.29 is 9.18 Å². The Bertz CT molecular complexity index is 344. The van der Waals surface area contributed by atoms with Crippen LogP contribution in [0.2, 0.25) is 0 Å². The van der Waals surface area contributed by atoms with Gasteiger partial charge in [0.1, 0.15) is 5.82 Å². The second-order valence-corrected chi connectivity index (χ2v) is 3.56. The van der Waals surface area contributed by atoms with Crippen LogP contribution in [0.3, 0.4) is 0 Å². The van der Waals surface area contributed by atoms with Crippen molar-refractivity contribution >= 4 is 27.5 Å². The Balaban J connectivity index is 2.72. The van der Waals surface area contributed by atoms with Crippen molar-refractivity contribution in [3.05, 3.63) is 28.5 Å². The molecule has 1 aromatic rings. The molecule has 1 rings (SSSR count). The summed E-state index contributed by atoms with van der Waals surface area (Å²) in [4.78, 5) is 11.2. The van der Waals surface area contributed by atoms with Crippen LogP contribution in [-0.4, -0.2) is 19.5 Å². The van der Waals surface area contributed by atoms with Crippen molar-refractivity contribution in [2.75, 3.05) is 18.9 Å². The maximum atomic E-state index is 12.7. The Morgan fingerprint density at radius 2 is 2.29 bits per heavy atom. The summed E-state index contributed by atoms with van der Waals surface area (Å²) in [5, 5.41) is 5.34. The molecule has 0 saturated heterocycles. The molecule has 2 N–H and O–H groups in total. The van der Waals surface area contributed by atoms with Crippen LogP contribution in [0.25, 0.3) is 0 Å². The monoisotopic (exact) mass is 260 g/mol. The SMILES string of the molecule is CNCC(=O)Nc1ccc(F)cc1Br. The summed E-state index contributed by atoms with van der Waals surface area (Å²) in [7, 11) is 1.68. The maximum Gasteiger partial charge on any atom is 0.238 e. The molecule has 1 aromatic carbocycles. The highest BCUT2D eigenvalue weighted by Crippen LogP contribution is 2.22. The van der Waals surface area contributed by atoms with Crippen LogP contribution in [-0.2, 0) is 4.79 Å². The first kappa shape index (κ1) is 11.1. The minimum absolute atomic E-state index is 0.167.